The second-order valence-corrected chi connectivity index (χ2v) is 8.01. The summed E-state index contributed by atoms with van der Waals surface area (Å²) in [6, 6.07) is 11.4. The molecular formula is C23H19F4NO4S. The molecule has 2 aromatic carbocycles. The smallest absolute Gasteiger partial charge is 0.398 e. The Hall–Kier alpha value is -3.27. The number of benzene rings is 2. The molecule has 33 heavy (non-hydrogen) atoms. The molecule has 0 saturated carbocycles. The van der Waals surface area contributed by atoms with Crippen LogP contribution in [-0.2, 0) is 11.3 Å². The van der Waals surface area contributed by atoms with Gasteiger partial charge in [0.15, 0.2) is 5.76 Å². The summed E-state index contributed by atoms with van der Waals surface area (Å²) in [7, 11) is 1.20. The molecule has 0 unspecified atom stereocenters. The second-order valence-electron chi connectivity index (χ2n) is 6.99. The van der Waals surface area contributed by atoms with Crippen LogP contribution < -0.4 is 4.90 Å². The van der Waals surface area contributed by atoms with E-state index in [-0.39, 0.29) is 28.5 Å². The number of halogens is 4. The molecule has 0 saturated heterocycles. The van der Waals surface area contributed by atoms with E-state index < -0.39 is 29.6 Å². The van der Waals surface area contributed by atoms with Crippen molar-refractivity contribution in [2.45, 2.75) is 24.5 Å². The van der Waals surface area contributed by atoms with Gasteiger partial charge in [0, 0.05) is 4.90 Å². The Morgan fingerprint density at radius 3 is 2.48 bits per heavy atom. The third kappa shape index (κ3) is 5.95. The lowest BCUT2D eigenvalue weighted by Crippen LogP contribution is -2.32. The fourth-order valence-electron chi connectivity index (χ4n) is 3.10. The van der Waals surface area contributed by atoms with E-state index >= 15 is 4.39 Å². The van der Waals surface area contributed by atoms with Crippen LogP contribution in [0.3, 0.4) is 0 Å². The van der Waals surface area contributed by atoms with Crippen LogP contribution in [-0.4, -0.2) is 30.9 Å². The maximum absolute atomic E-state index is 15.0. The molecular weight excluding hydrogens is 462 g/mol. The van der Waals surface area contributed by atoms with Crippen LogP contribution >= 0.6 is 11.8 Å². The number of carbonyl (C=O) groups excluding carboxylic acids is 2. The number of hydrogen-bond donors (Lipinski definition) is 0. The number of methoxy groups -OCH3 is 1. The summed E-state index contributed by atoms with van der Waals surface area (Å²) in [6.07, 6.45) is -3.15. The Morgan fingerprint density at radius 2 is 1.85 bits per heavy atom. The summed E-state index contributed by atoms with van der Waals surface area (Å²) in [6.45, 7) is 1.23. The van der Waals surface area contributed by atoms with Crippen LogP contribution in [0, 0.1) is 12.7 Å². The number of aryl methyl sites for hydroxylation is 1. The molecule has 0 N–H and O–H groups in total. The molecule has 0 aliphatic rings. The topological polar surface area (TPSA) is 59.8 Å². The lowest BCUT2D eigenvalue weighted by molar-refractivity contribution is -0.105. The van der Waals surface area contributed by atoms with Crippen LogP contribution in [0.15, 0.2) is 64.1 Å². The second kappa shape index (κ2) is 10.1. The highest BCUT2D eigenvalue weighted by atomic mass is 32.2. The number of ether oxygens (including phenoxy) is 1. The molecule has 0 radical (unpaired) electrons. The van der Waals surface area contributed by atoms with Crippen molar-refractivity contribution in [2.75, 3.05) is 17.8 Å². The van der Waals surface area contributed by atoms with Crippen LogP contribution in [0.25, 0.3) is 0 Å². The van der Waals surface area contributed by atoms with E-state index in [0.29, 0.717) is 22.9 Å². The molecule has 0 aliphatic heterocycles. The van der Waals surface area contributed by atoms with Gasteiger partial charge >= 0.3 is 12.1 Å². The summed E-state index contributed by atoms with van der Waals surface area (Å²) < 4.78 is 63.2. The lowest BCUT2D eigenvalue weighted by Gasteiger charge is -2.24. The van der Waals surface area contributed by atoms with Gasteiger partial charge in [-0.2, -0.15) is 13.2 Å². The first-order chi connectivity index (χ1) is 15.6. The van der Waals surface area contributed by atoms with Gasteiger partial charge in [-0.1, -0.05) is 18.2 Å². The first-order valence-corrected chi connectivity index (χ1v) is 10.6. The van der Waals surface area contributed by atoms with Crippen LogP contribution in [0.4, 0.5) is 23.2 Å². The normalized spacial score (nSPS) is 11.3. The highest BCUT2D eigenvalue weighted by Gasteiger charge is 2.29. The van der Waals surface area contributed by atoms with E-state index in [1.807, 2.05) is 0 Å². The molecule has 1 heterocycles. The summed E-state index contributed by atoms with van der Waals surface area (Å²) >= 11 is 0.494. The van der Waals surface area contributed by atoms with E-state index in [1.54, 1.807) is 18.2 Å². The van der Waals surface area contributed by atoms with Crippen LogP contribution in [0.5, 0.6) is 0 Å². The molecule has 3 aromatic rings. The lowest BCUT2D eigenvalue weighted by atomic mass is 10.1. The van der Waals surface area contributed by atoms with Gasteiger partial charge in [0.2, 0.25) is 0 Å². The standard InChI is InChI=1S/C23H19F4NO4S/c1-14-10-17(24)18(11-20(14)33-13-23(25,26)27)28(21(29)19-8-5-9-32-19)12-15-6-3-4-7-16(15)22(30)31-2/h3-11H,12-13H2,1-2H3. The molecule has 3 rings (SSSR count). The predicted molar refractivity (Wildman–Crippen MR) is 115 cm³/mol. The zero-order valence-corrected chi connectivity index (χ0v) is 18.4. The van der Waals surface area contributed by atoms with Crippen molar-refractivity contribution in [1.82, 2.24) is 0 Å². The molecule has 10 heteroatoms. The zero-order valence-electron chi connectivity index (χ0n) is 17.6. The van der Waals surface area contributed by atoms with Crippen LogP contribution in [0.1, 0.15) is 32.0 Å². The SMILES string of the molecule is COC(=O)c1ccccc1CN(C(=O)c1ccco1)c1cc(SCC(F)(F)F)c(C)cc1F. The molecule has 5 nitrogen and oxygen atoms in total. The molecule has 1 aromatic heterocycles. The number of amides is 1. The van der Waals surface area contributed by atoms with Crippen molar-refractivity contribution in [1.29, 1.82) is 0 Å². The van der Waals surface area contributed by atoms with Crippen molar-refractivity contribution in [2.24, 2.45) is 0 Å². The van der Waals surface area contributed by atoms with Crippen molar-refractivity contribution < 1.29 is 36.3 Å². The average molecular weight is 481 g/mol. The Balaban J connectivity index is 2.08. The van der Waals surface area contributed by atoms with Gasteiger partial charge in [0.05, 0.1) is 36.9 Å². The first-order valence-electron chi connectivity index (χ1n) is 9.62. The maximum atomic E-state index is 15.0. The Morgan fingerprint density at radius 1 is 1.12 bits per heavy atom. The first kappa shape index (κ1) is 24.4. The van der Waals surface area contributed by atoms with E-state index in [0.717, 1.165) is 11.0 Å². The number of nitrogens with zero attached hydrogens (tertiary/aromatic N) is 1. The highest BCUT2D eigenvalue weighted by Crippen LogP contribution is 2.35. The quantitative estimate of drug-likeness (QED) is 0.235. The van der Waals surface area contributed by atoms with E-state index in [9.17, 15) is 22.8 Å². The Kier molecular flexibility index (Phi) is 7.47. The van der Waals surface area contributed by atoms with Crippen molar-refractivity contribution >= 4 is 29.3 Å². The summed E-state index contributed by atoms with van der Waals surface area (Å²) in [5, 5.41) is 0. The Labute approximate surface area is 191 Å². The number of furan rings is 1. The van der Waals surface area contributed by atoms with Crippen LogP contribution in [0.2, 0.25) is 0 Å². The van der Waals surface area contributed by atoms with E-state index in [4.69, 9.17) is 9.15 Å². The number of anilines is 1. The number of esters is 1. The number of hydrogen-bond acceptors (Lipinski definition) is 5. The fourth-order valence-corrected chi connectivity index (χ4v) is 3.90. The molecule has 174 valence electrons. The van der Waals surface area contributed by atoms with E-state index in [1.165, 1.54) is 44.6 Å². The maximum Gasteiger partial charge on any atom is 0.398 e. The fraction of sp³-hybridized carbons (Fsp3) is 0.217. The summed E-state index contributed by atoms with van der Waals surface area (Å²) in [5.41, 5.74) is 0.572. The molecule has 0 fully saturated rings. The van der Waals surface area contributed by atoms with Gasteiger partial charge in [-0.25, -0.2) is 9.18 Å². The minimum Gasteiger partial charge on any atom is -0.465 e. The van der Waals surface area contributed by atoms with Gasteiger partial charge in [-0.05, 0) is 48.4 Å². The summed E-state index contributed by atoms with van der Waals surface area (Å²) in [4.78, 5) is 26.5. The van der Waals surface area contributed by atoms with Crippen molar-refractivity contribution in [3.8, 4) is 0 Å². The van der Waals surface area contributed by atoms with Crippen molar-refractivity contribution in [3.63, 3.8) is 0 Å². The summed E-state index contributed by atoms with van der Waals surface area (Å²) in [5.74, 6) is -3.46. The van der Waals surface area contributed by atoms with Crippen molar-refractivity contribution in [3.05, 3.63) is 83.1 Å². The molecule has 0 spiro atoms. The monoisotopic (exact) mass is 481 g/mol. The minimum atomic E-state index is -4.42. The van der Waals surface area contributed by atoms with Gasteiger partial charge in [-0.15, -0.1) is 11.8 Å². The van der Waals surface area contributed by atoms with Gasteiger partial charge < -0.3 is 9.15 Å². The van der Waals surface area contributed by atoms with Gasteiger partial charge in [0.25, 0.3) is 5.91 Å². The third-order valence-electron chi connectivity index (χ3n) is 4.65. The van der Waals surface area contributed by atoms with Gasteiger partial charge in [-0.3, -0.25) is 9.69 Å². The highest BCUT2D eigenvalue weighted by molar-refractivity contribution is 7.99. The molecule has 0 aliphatic carbocycles. The minimum absolute atomic E-state index is 0.102. The number of alkyl halides is 3. The Bertz CT molecular complexity index is 1150. The molecule has 0 bridgehead atoms. The molecule has 1 amide bonds. The number of carbonyl (C=O) groups is 2. The largest absolute Gasteiger partial charge is 0.465 e. The zero-order chi connectivity index (χ0) is 24.2. The number of rotatable bonds is 7. The molecule has 0 atom stereocenters. The number of thioether (sulfide) groups is 1. The predicted octanol–water partition coefficient (Wildman–Crippen LogP) is 6.02. The average Bonchev–Trinajstić information content (AvgIpc) is 3.31. The van der Waals surface area contributed by atoms with E-state index in [2.05, 4.69) is 0 Å². The van der Waals surface area contributed by atoms with Gasteiger partial charge in [0.1, 0.15) is 5.82 Å². The third-order valence-corrected chi connectivity index (χ3v) is 5.88.